The van der Waals surface area contributed by atoms with E-state index in [2.05, 4.69) is 59.9 Å². The van der Waals surface area contributed by atoms with Crippen LogP contribution < -0.4 is 9.45 Å². The Morgan fingerprint density at radius 3 is 2.24 bits per heavy atom. The highest BCUT2D eigenvalue weighted by atomic mass is 17.2. The van der Waals surface area contributed by atoms with Crippen LogP contribution in [0.4, 0.5) is 0 Å². The van der Waals surface area contributed by atoms with Gasteiger partial charge in [0.2, 0.25) is 0 Å². The van der Waals surface area contributed by atoms with E-state index in [1.54, 1.807) is 6.08 Å². The third-order valence-corrected chi connectivity index (χ3v) is 3.91. The van der Waals surface area contributed by atoms with Crippen LogP contribution in [0.15, 0.2) is 85.7 Å². The second kappa shape index (κ2) is 8.81. The zero-order valence-corrected chi connectivity index (χ0v) is 14.2. The highest BCUT2D eigenvalue weighted by Crippen LogP contribution is 2.13. The molecule has 3 heteroatoms. The van der Waals surface area contributed by atoms with Gasteiger partial charge in [0.05, 0.1) is 6.61 Å². The maximum absolute atomic E-state index is 5.29. The normalized spacial score (nSPS) is 10.4. The molecule has 0 aliphatic rings. The van der Waals surface area contributed by atoms with E-state index in [1.807, 2.05) is 30.3 Å². The molecule has 0 aliphatic heterocycles. The van der Waals surface area contributed by atoms with Crippen molar-refractivity contribution >= 4 is 6.08 Å². The van der Waals surface area contributed by atoms with Gasteiger partial charge in [0.1, 0.15) is 0 Å². The first-order valence-electron chi connectivity index (χ1n) is 8.37. The fourth-order valence-corrected chi connectivity index (χ4v) is 2.48. The molecule has 126 valence electrons. The molecule has 0 saturated carbocycles. The number of benzene rings is 2. The van der Waals surface area contributed by atoms with Gasteiger partial charge in [-0.2, -0.15) is 4.89 Å². The number of hydrogen-bond acceptors (Lipinski definition) is 2. The summed E-state index contributed by atoms with van der Waals surface area (Å²) in [7, 11) is 0. The second-order valence-corrected chi connectivity index (χ2v) is 5.79. The van der Waals surface area contributed by atoms with Crippen LogP contribution in [0.3, 0.4) is 0 Å². The van der Waals surface area contributed by atoms with Crippen LogP contribution >= 0.6 is 0 Å². The fraction of sp³-hybridized carbons (Fsp3) is 0.136. The second-order valence-electron chi connectivity index (χ2n) is 5.79. The van der Waals surface area contributed by atoms with Crippen molar-refractivity contribution in [2.75, 3.05) is 6.61 Å². The van der Waals surface area contributed by atoms with Crippen LogP contribution in [0.2, 0.25) is 0 Å². The van der Waals surface area contributed by atoms with Gasteiger partial charge in [-0.1, -0.05) is 55.1 Å². The Hall–Kier alpha value is -2.91. The fourth-order valence-electron chi connectivity index (χ4n) is 2.48. The summed E-state index contributed by atoms with van der Waals surface area (Å²) >= 11 is 0. The molecule has 0 fully saturated rings. The molecule has 25 heavy (non-hydrogen) atoms. The van der Waals surface area contributed by atoms with E-state index in [-0.39, 0.29) is 0 Å². The molecule has 0 aliphatic carbocycles. The SMILES string of the molecule is C=Cc1ccc(OOCCc2cc[n+](Cc3ccccc3)cc2)cc1. The number of nitrogens with zero attached hydrogens (tertiary/aromatic N) is 1. The van der Waals surface area contributed by atoms with E-state index < -0.39 is 0 Å². The monoisotopic (exact) mass is 332 g/mol. The van der Waals surface area contributed by atoms with Crippen molar-refractivity contribution in [2.24, 2.45) is 0 Å². The standard InChI is InChI=1S/C22H22NO2/c1-2-19-8-10-22(11-9-19)25-24-17-14-20-12-15-23(16-13-20)18-21-6-4-3-5-7-21/h2-13,15-16H,1,14,17-18H2/q+1. The first kappa shape index (κ1) is 16.9. The summed E-state index contributed by atoms with van der Waals surface area (Å²) in [6.45, 7) is 5.11. The maximum Gasteiger partial charge on any atom is 0.173 e. The van der Waals surface area contributed by atoms with Crippen molar-refractivity contribution in [3.8, 4) is 5.75 Å². The van der Waals surface area contributed by atoms with Gasteiger partial charge in [-0.25, -0.2) is 4.57 Å². The van der Waals surface area contributed by atoms with E-state index >= 15 is 0 Å². The van der Waals surface area contributed by atoms with Crippen LogP contribution in [-0.2, 0) is 17.9 Å². The van der Waals surface area contributed by atoms with Crippen LogP contribution in [-0.4, -0.2) is 6.61 Å². The molecule has 0 bridgehead atoms. The summed E-state index contributed by atoms with van der Waals surface area (Å²) in [6.07, 6.45) is 6.79. The molecule has 0 amide bonds. The highest BCUT2D eigenvalue weighted by molar-refractivity contribution is 5.48. The Balaban J connectivity index is 1.43. The summed E-state index contributed by atoms with van der Waals surface area (Å²) in [5, 5.41) is 0. The lowest BCUT2D eigenvalue weighted by atomic mass is 10.2. The van der Waals surface area contributed by atoms with Crippen molar-refractivity contribution in [1.29, 1.82) is 0 Å². The quantitative estimate of drug-likeness (QED) is 0.267. The lowest BCUT2D eigenvalue weighted by Crippen LogP contribution is -2.33. The summed E-state index contributed by atoms with van der Waals surface area (Å²) in [5.41, 5.74) is 3.56. The Morgan fingerprint density at radius 1 is 0.840 bits per heavy atom. The summed E-state index contributed by atoms with van der Waals surface area (Å²) < 4.78 is 2.16. The van der Waals surface area contributed by atoms with Gasteiger partial charge in [0, 0.05) is 24.1 Å². The van der Waals surface area contributed by atoms with Crippen molar-refractivity contribution in [2.45, 2.75) is 13.0 Å². The molecule has 3 rings (SSSR count). The molecule has 0 radical (unpaired) electrons. The maximum atomic E-state index is 5.29. The first-order valence-corrected chi connectivity index (χ1v) is 8.37. The smallest absolute Gasteiger partial charge is 0.173 e. The third kappa shape index (κ3) is 5.30. The highest BCUT2D eigenvalue weighted by Gasteiger charge is 2.03. The van der Waals surface area contributed by atoms with Gasteiger partial charge in [-0.15, -0.1) is 0 Å². The van der Waals surface area contributed by atoms with Crippen LogP contribution in [0.25, 0.3) is 6.08 Å². The van der Waals surface area contributed by atoms with Crippen molar-refractivity contribution in [1.82, 2.24) is 0 Å². The van der Waals surface area contributed by atoms with Gasteiger partial charge in [-0.3, -0.25) is 0 Å². The van der Waals surface area contributed by atoms with E-state index in [4.69, 9.17) is 9.78 Å². The Labute approximate surface area is 148 Å². The van der Waals surface area contributed by atoms with E-state index in [1.165, 1.54) is 11.1 Å². The zero-order valence-electron chi connectivity index (χ0n) is 14.2. The van der Waals surface area contributed by atoms with Gasteiger partial charge in [0.15, 0.2) is 24.7 Å². The molecule has 0 saturated heterocycles. The van der Waals surface area contributed by atoms with Crippen molar-refractivity contribution < 1.29 is 14.3 Å². The molecule has 1 heterocycles. The number of pyridine rings is 1. The summed E-state index contributed by atoms with van der Waals surface area (Å²) in [5.74, 6) is 0.694. The molecule has 3 nitrogen and oxygen atoms in total. The predicted octanol–water partition coefficient (Wildman–Crippen LogP) is 4.22. The van der Waals surface area contributed by atoms with Gasteiger partial charge < -0.3 is 4.89 Å². The number of rotatable bonds is 8. The van der Waals surface area contributed by atoms with Crippen LogP contribution in [0, 0.1) is 0 Å². The molecule has 1 aromatic heterocycles. The molecule has 3 aromatic rings. The molecular formula is C22H22NO2+. The minimum Gasteiger partial charge on any atom is -0.338 e. The summed E-state index contributed by atoms with van der Waals surface area (Å²) in [4.78, 5) is 10.6. The largest absolute Gasteiger partial charge is 0.338 e. The molecule has 0 N–H and O–H groups in total. The molecule has 0 unspecified atom stereocenters. The minimum absolute atomic E-state index is 0.506. The molecular weight excluding hydrogens is 310 g/mol. The van der Waals surface area contributed by atoms with E-state index in [0.717, 1.165) is 18.5 Å². The minimum atomic E-state index is 0.506. The Morgan fingerprint density at radius 2 is 1.56 bits per heavy atom. The Bertz CT molecular complexity index is 781. The average Bonchev–Trinajstić information content (AvgIpc) is 2.68. The molecule has 2 aromatic carbocycles. The van der Waals surface area contributed by atoms with Gasteiger partial charge in [-0.05, 0) is 23.3 Å². The van der Waals surface area contributed by atoms with Crippen LogP contribution in [0.5, 0.6) is 5.75 Å². The number of aromatic nitrogens is 1. The zero-order chi connectivity index (χ0) is 17.3. The average molecular weight is 332 g/mol. The van der Waals surface area contributed by atoms with Gasteiger partial charge >= 0.3 is 0 Å². The number of hydrogen-bond donors (Lipinski definition) is 0. The van der Waals surface area contributed by atoms with E-state index in [9.17, 15) is 0 Å². The lowest BCUT2D eigenvalue weighted by molar-refractivity contribution is -0.688. The van der Waals surface area contributed by atoms with Crippen molar-refractivity contribution in [3.63, 3.8) is 0 Å². The van der Waals surface area contributed by atoms with E-state index in [0.29, 0.717) is 12.4 Å². The topological polar surface area (TPSA) is 22.3 Å². The molecule has 0 spiro atoms. The van der Waals surface area contributed by atoms with Gasteiger partial charge in [0.25, 0.3) is 0 Å². The Kier molecular flexibility index (Phi) is 5.96. The third-order valence-electron chi connectivity index (χ3n) is 3.91. The van der Waals surface area contributed by atoms with Crippen molar-refractivity contribution in [3.05, 3.63) is 102 Å². The predicted molar refractivity (Wildman–Crippen MR) is 99.0 cm³/mol. The lowest BCUT2D eigenvalue weighted by Gasteiger charge is -2.05. The molecule has 0 atom stereocenters. The van der Waals surface area contributed by atoms with Crippen LogP contribution in [0.1, 0.15) is 16.7 Å². The first-order chi connectivity index (χ1) is 12.3. The summed E-state index contributed by atoms with van der Waals surface area (Å²) in [6, 6.07) is 22.3.